The van der Waals surface area contributed by atoms with Crippen LogP contribution in [-0.4, -0.2) is 27.0 Å². The normalized spacial score (nSPS) is 21.6. The number of fused-ring (bicyclic) bond motifs is 1. The first-order valence-electron chi connectivity index (χ1n) is 8.57. The molecule has 4 heteroatoms. The van der Waals surface area contributed by atoms with Crippen LogP contribution in [0, 0.1) is 5.92 Å². The maximum Gasteiger partial charge on any atom is 0.139 e. The molecule has 3 aromatic rings. The van der Waals surface area contributed by atoms with Crippen LogP contribution in [0.4, 0.5) is 0 Å². The smallest absolute Gasteiger partial charge is 0.139 e. The van der Waals surface area contributed by atoms with Gasteiger partial charge in [-0.3, -0.25) is 4.90 Å². The van der Waals surface area contributed by atoms with Crippen molar-refractivity contribution in [3.8, 4) is 0 Å². The Hall–Kier alpha value is -1.65. The van der Waals surface area contributed by atoms with Crippen molar-refractivity contribution in [3.63, 3.8) is 0 Å². The topological polar surface area (TPSA) is 21.1 Å². The van der Waals surface area contributed by atoms with Crippen LogP contribution in [0.2, 0.25) is 0 Å². The highest BCUT2D eigenvalue weighted by Gasteiger charge is 2.29. The van der Waals surface area contributed by atoms with E-state index in [1.54, 1.807) is 0 Å². The quantitative estimate of drug-likeness (QED) is 0.650. The van der Waals surface area contributed by atoms with Crippen LogP contribution >= 0.6 is 15.9 Å². The molecule has 0 N–H and O–H groups in total. The van der Waals surface area contributed by atoms with Gasteiger partial charge in [0.25, 0.3) is 0 Å². The van der Waals surface area contributed by atoms with Crippen molar-refractivity contribution in [1.82, 2.24) is 14.5 Å². The molecule has 0 unspecified atom stereocenters. The molecule has 2 aromatic heterocycles. The molecular weight excluding hydrogens is 362 g/mol. The third-order valence-corrected chi connectivity index (χ3v) is 5.48. The number of nitrogens with zero attached hydrogens (tertiary/aromatic N) is 3. The number of rotatable bonds is 4. The third-order valence-electron chi connectivity index (χ3n) is 5.04. The monoisotopic (exact) mass is 383 g/mol. The van der Waals surface area contributed by atoms with Crippen LogP contribution in [0.5, 0.6) is 0 Å². The number of aromatic nitrogens is 2. The zero-order valence-electron chi connectivity index (χ0n) is 13.9. The molecule has 0 amide bonds. The lowest BCUT2D eigenvalue weighted by molar-refractivity contribution is 0.253. The van der Waals surface area contributed by atoms with Gasteiger partial charge in [-0.25, -0.2) is 4.98 Å². The maximum absolute atomic E-state index is 4.59. The van der Waals surface area contributed by atoms with E-state index in [1.807, 2.05) is 6.20 Å². The lowest BCUT2D eigenvalue weighted by atomic mass is 10.1. The van der Waals surface area contributed by atoms with Crippen molar-refractivity contribution in [3.05, 3.63) is 64.9 Å². The first-order chi connectivity index (χ1) is 11.7. The Labute approximate surface area is 151 Å². The molecule has 0 radical (unpaired) electrons. The van der Waals surface area contributed by atoms with Gasteiger partial charge in [-0.2, -0.15) is 0 Å². The average Bonchev–Trinajstić information content (AvgIpc) is 3.12. The van der Waals surface area contributed by atoms with Gasteiger partial charge in [0.05, 0.1) is 0 Å². The molecule has 0 bridgehead atoms. The molecular formula is C20H22BrN3. The lowest BCUT2D eigenvalue weighted by Crippen LogP contribution is -2.26. The minimum atomic E-state index is 0.638. The predicted octanol–water partition coefficient (Wildman–Crippen LogP) is 4.71. The second-order valence-electron chi connectivity index (χ2n) is 6.90. The van der Waals surface area contributed by atoms with Gasteiger partial charge in [0.1, 0.15) is 5.65 Å². The van der Waals surface area contributed by atoms with Gasteiger partial charge in [-0.15, -0.1) is 0 Å². The number of halogens is 1. The molecule has 0 saturated carbocycles. The maximum atomic E-state index is 4.59. The second kappa shape index (κ2) is 6.69. The Morgan fingerprint density at radius 1 is 1.21 bits per heavy atom. The molecule has 3 heterocycles. The zero-order chi connectivity index (χ0) is 16.5. The van der Waals surface area contributed by atoms with Gasteiger partial charge < -0.3 is 4.57 Å². The van der Waals surface area contributed by atoms with E-state index < -0.39 is 0 Å². The summed E-state index contributed by atoms with van der Waals surface area (Å²) in [6, 6.07) is 15.7. The summed E-state index contributed by atoms with van der Waals surface area (Å²) in [4.78, 5) is 7.20. The number of hydrogen-bond acceptors (Lipinski definition) is 2. The Kier molecular flexibility index (Phi) is 4.42. The standard InChI is InChI=1S/C20H22BrN3/c1-15-9-17(14-24(15)12-16-5-3-2-4-6-16)13-23-8-7-18-10-19(21)11-22-20(18)23/h2-8,10-11,15,17H,9,12-14H2,1H3/t15-,17-/m0/s1. The lowest BCUT2D eigenvalue weighted by Gasteiger charge is -2.21. The van der Waals surface area contributed by atoms with Gasteiger partial charge in [0, 0.05) is 47.9 Å². The van der Waals surface area contributed by atoms with Crippen LogP contribution in [-0.2, 0) is 13.1 Å². The zero-order valence-corrected chi connectivity index (χ0v) is 15.5. The Morgan fingerprint density at radius 2 is 2.04 bits per heavy atom. The summed E-state index contributed by atoms with van der Waals surface area (Å²) >= 11 is 3.50. The molecule has 1 aliphatic rings. The first-order valence-corrected chi connectivity index (χ1v) is 9.37. The van der Waals surface area contributed by atoms with Gasteiger partial charge in [-0.05, 0) is 52.9 Å². The highest BCUT2D eigenvalue weighted by molar-refractivity contribution is 9.10. The molecule has 4 rings (SSSR count). The van der Waals surface area contributed by atoms with Crippen molar-refractivity contribution in [1.29, 1.82) is 0 Å². The second-order valence-corrected chi connectivity index (χ2v) is 7.82. The van der Waals surface area contributed by atoms with Crippen molar-refractivity contribution >= 4 is 27.0 Å². The van der Waals surface area contributed by atoms with Gasteiger partial charge >= 0.3 is 0 Å². The highest BCUT2D eigenvalue weighted by Crippen LogP contribution is 2.27. The van der Waals surface area contributed by atoms with Crippen molar-refractivity contribution < 1.29 is 0 Å². The summed E-state index contributed by atoms with van der Waals surface area (Å²) in [5, 5.41) is 1.21. The Balaban J connectivity index is 1.46. The van der Waals surface area contributed by atoms with E-state index in [4.69, 9.17) is 0 Å². The summed E-state index contributed by atoms with van der Waals surface area (Å²) in [5.41, 5.74) is 2.50. The van der Waals surface area contributed by atoms with E-state index >= 15 is 0 Å². The summed E-state index contributed by atoms with van der Waals surface area (Å²) in [6.45, 7) is 5.61. The minimum Gasteiger partial charge on any atom is -0.332 e. The Bertz CT molecular complexity index is 827. The average molecular weight is 384 g/mol. The van der Waals surface area contributed by atoms with E-state index in [2.05, 4.69) is 86.0 Å². The molecule has 3 nitrogen and oxygen atoms in total. The van der Waals surface area contributed by atoms with Gasteiger partial charge in [-0.1, -0.05) is 30.3 Å². The van der Waals surface area contributed by atoms with Crippen molar-refractivity contribution in [2.75, 3.05) is 6.54 Å². The van der Waals surface area contributed by atoms with Crippen LogP contribution in [0.1, 0.15) is 18.9 Å². The highest BCUT2D eigenvalue weighted by atomic mass is 79.9. The van der Waals surface area contributed by atoms with Crippen molar-refractivity contribution in [2.24, 2.45) is 5.92 Å². The number of benzene rings is 1. The van der Waals surface area contributed by atoms with Crippen LogP contribution in [0.15, 0.2) is 59.3 Å². The van der Waals surface area contributed by atoms with Gasteiger partial charge in [0.2, 0.25) is 0 Å². The van der Waals surface area contributed by atoms with E-state index in [0.717, 1.165) is 29.8 Å². The molecule has 1 aromatic carbocycles. The van der Waals surface area contributed by atoms with Gasteiger partial charge in [0.15, 0.2) is 0 Å². The largest absolute Gasteiger partial charge is 0.332 e. The fourth-order valence-corrected chi connectivity index (χ4v) is 4.21. The number of hydrogen-bond donors (Lipinski definition) is 0. The van der Waals surface area contributed by atoms with Crippen LogP contribution < -0.4 is 0 Å². The van der Waals surface area contributed by atoms with Crippen molar-refractivity contribution in [2.45, 2.75) is 32.5 Å². The molecule has 1 saturated heterocycles. The molecule has 124 valence electrons. The summed E-state index contributed by atoms with van der Waals surface area (Å²) in [7, 11) is 0. The summed E-state index contributed by atoms with van der Waals surface area (Å²) in [5.74, 6) is 0.685. The fraction of sp³-hybridized carbons (Fsp3) is 0.350. The number of pyridine rings is 1. The van der Waals surface area contributed by atoms with E-state index in [-0.39, 0.29) is 0 Å². The predicted molar refractivity (Wildman–Crippen MR) is 102 cm³/mol. The molecule has 1 fully saturated rings. The third kappa shape index (κ3) is 3.26. The van der Waals surface area contributed by atoms with Crippen LogP contribution in [0.25, 0.3) is 11.0 Å². The SMILES string of the molecule is C[C@H]1C[C@@H](Cn2ccc3cc(Br)cnc32)CN1Cc1ccccc1. The fourth-order valence-electron chi connectivity index (χ4n) is 3.86. The molecule has 24 heavy (non-hydrogen) atoms. The van der Waals surface area contributed by atoms with Crippen LogP contribution in [0.3, 0.4) is 0 Å². The molecule has 1 aliphatic heterocycles. The number of likely N-dealkylation sites (tertiary alicyclic amines) is 1. The summed E-state index contributed by atoms with van der Waals surface area (Å²) < 4.78 is 3.35. The summed E-state index contributed by atoms with van der Waals surface area (Å²) in [6.07, 6.45) is 5.31. The minimum absolute atomic E-state index is 0.638. The Morgan fingerprint density at radius 3 is 2.88 bits per heavy atom. The van der Waals surface area contributed by atoms with E-state index in [1.165, 1.54) is 17.4 Å². The molecule has 0 aliphatic carbocycles. The molecule has 2 atom stereocenters. The van der Waals surface area contributed by atoms with E-state index in [9.17, 15) is 0 Å². The first kappa shape index (κ1) is 15.9. The molecule has 0 spiro atoms. The van der Waals surface area contributed by atoms with E-state index in [0.29, 0.717) is 12.0 Å².